The molecule has 1 saturated heterocycles. The van der Waals surface area contributed by atoms with Crippen molar-refractivity contribution in [3.05, 3.63) is 29.8 Å². The minimum absolute atomic E-state index is 0.0670. The fourth-order valence-electron chi connectivity index (χ4n) is 4.07. The van der Waals surface area contributed by atoms with Crippen LogP contribution in [0.2, 0.25) is 0 Å². The van der Waals surface area contributed by atoms with Gasteiger partial charge in [0.1, 0.15) is 0 Å². The lowest BCUT2D eigenvalue weighted by Crippen LogP contribution is -2.62. The number of carbonyl (C=O) groups excluding carboxylic acids is 1. The predicted octanol–water partition coefficient (Wildman–Crippen LogP) is 3.72. The van der Waals surface area contributed by atoms with E-state index in [-0.39, 0.29) is 18.1 Å². The molecule has 0 radical (unpaired) electrons. The number of hydrogen-bond donors (Lipinski definition) is 2. The van der Waals surface area contributed by atoms with Crippen molar-refractivity contribution >= 4 is 11.7 Å². The molecule has 0 bridgehead atoms. The molecule has 1 fully saturated rings. The van der Waals surface area contributed by atoms with Crippen molar-refractivity contribution in [2.45, 2.75) is 71.8 Å². The number of carbonyl (C=O) groups is 1. The van der Waals surface area contributed by atoms with E-state index in [4.69, 9.17) is 9.47 Å². The van der Waals surface area contributed by atoms with Crippen molar-refractivity contribution in [3.8, 4) is 0 Å². The van der Waals surface area contributed by atoms with E-state index >= 15 is 0 Å². The van der Waals surface area contributed by atoms with Crippen molar-refractivity contribution in [2.75, 3.05) is 44.8 Å². The molecule has 1 aromatic carbocycles. The Hall–Kier alpha value is -1.67. The van der Waals surface area contributed by atoms with E-state index in [2.05, 4.69) is 24.1 Å². The molecule has 2 N–H and O–H groups in total. The van der Waals surface area contributed by atoms with Gasteiger partial charge in [0.2, 0.25) is 0 Å². The molecule has 0 spiro atoms. The van der Waals surface area contributed by atoms with Crippen molar-refractivity contribution < 1.29 is 19.4 Å². The summed E-state index contributed by atoms with van der Waals surface area (Å²) in [4.78, 5) is 17.4. The van der Waals surface area contributed by atoms with Gasteiger partial charge in [-0.1, -0.05) is 26.0 Å². The first-order valence-corrected chi connectivity index (χ1v) is 11.6. The van der Waals surface area contributed by atoms with Crippen LogP contribution in [-0.4, -0.2) is 78.1 Å². The number of amides is 2. The van der Waals surface area contributed by atoms with Crippen molar-refractivity contribution in [1.82, 2.24) is 9.80 Å². The zero-order valence-electron chi connectivity index (χ0n) is 19.9. The molecule has 0 unspecified atom stereocenters. The van der Waals surface area contributed by atoms with Gasteiger partial charge in [0.15, 0.2) is 0 Å². The maximum atomic E-state index is 13.1. The fourth-order valence-corrected chi connectivity index (χ4v) is 4.07. The Kier molecular flexibility index (Phi) is 10.2. The number of anilines is 1. The lowest BCUT2D eigenvalue weighted by Gasteiger charge is -2.47. The van der Waals surface area contributed by atoms with Crippen LogP contribution in [0.25, 0.3) is 0 Å². The summed E-state index contributed by atoms with van der Waals surface area (Å²) < 4.78 is 10.9. The van der Waals surface area contributed by atoms with E-state index in [1.54, 1.807) is 0 Å². The summed E-state index contributed by atoms with van der Waals surface area (Å²) in [5, 5.41) is 13.4. The van der Waals surface area contributed by atoms with Crippen LogP contribution in [0.15, 0.2) is 24.3 Å². The summed E-state index contributed by atoms with van der Waals surface area (Å²) in [5.41, 5.74) is 1.04. The Morgan fingerprint density at radius 2 is 1.84 bits per heavy atom. The van der Waals surface area contributed by atoms with E-state index < -0.39 is 5.60 Å². The van der Waals surface area contributed by atoms with Crippen LogP contribution in [0.5, 0.6) is 0 Å². The van der Waals surface area contributed by atoms with Crippen LogP contribution < -0.4 is 5.32 Å². The highest BCUT2D eigenvalue weighted by Gasteiger charge is 2.36. The molecule has 0 saturated carbocycles. The second kappa shape index (κ2) is 12.4. The van der Waals surface area contributed by atoms with Crippen LogP contribution in [-0.2, 0) is 16.1 Å². The maximum Gasteiger partial charge on any atom is 0.322 e. The topological polar surface area (TPSA) is 74.3 Å². The summed E-state index contributed by atoms with van der Waals surface area (Å²) in [6, 6.07) is 8.09. The van der Waals surface area contributed by atoms with Gasteiger partial charge in [-0.05, 0) is 51.3 Å². The van der Waals surface area contributed by atoms with Crippen LogP contribution in [0.3, 0.4) is 0 Å². The average Bonchev–Trinajstić information content (AvgIpc) is 2.72. The molecular weight excluding hydrogens is 394 g/mol. The lowest BCUT2D eigenvalue weighted by molar-refractivity contribution is -0.0173. The van der Waals surface area contributed by atoms with E-state index in [1.165, 1.54) is 0 Å². The van der Waals surface area contributed by atoms with Gasteiger partial charge in [-0.2, -0.15) is 0 Å². The third-order valence-electron chi connectivity index (χ3n) is 5.63. The normalized spacial score (nSPS) is 20.1. The van der Waals surface area contributed by atoms with Crippen LogP contribution >= 0.6 is 0 Å². The highest BCUT2D eigenvalue weighted by Crippen LogP contribution is 2.23. The number of nitrogens with zero attached hydrogens (tertiary/aromatic N) is 2. The SMILES string of the molecule is CCOCCOCc1cccc(NC(=O)N2C[C@H](CC)N(CC(C)(C)O)C[C@H]2CC)c1. The minimum Gasteiger partial charge on any atom is -0.389 e. The molecule has 0 aromatic heterocycles. The van der Waals surface area contributed by atoms with E-state index in [9.17, 15) is 9.90 Å². The smallest absolute Gasteiger partial charge is 0.322 e. The largest absolute Gasteiger partial charge is 0.389 e. The maximum absolute atomic E-state index is 13.1. The average molecular weight is 436 g/mol. The van der Waals surface area contributed by atoms with E-state index in [0.29, 0.717) is 39.5 Å². The predicted molar refractivity (Wildman–Crippen MR) is 124 cm³/mol. The highest BCUT2D eigenvalue weighted by atomic mass is 16.5. The summed E-state index contributed by atoms with van der Waals surface area (Å²) in [6.07, 6.45) is 1.81. The number of piperazine rings is 1. The molecule has 1 aliphatic heterocycles. The standard InChI is InChI=1S/C24H41N3O4/c1-6-21-16-27(22(7-2)15-26(21)18-24(4,5)29)23(28)25-20-11-9-10-19(14-20)17-31-13-12-30-8-3/h9-11,14,21-22,29H,6-8,12-13,15-18H2,1-5H3,(H,25,28)/t21-,22+/m0/s1. The van der Waals surface area contributed by atoms with Gasteiger partial charge < -0.3 is 24.8 Å². The van der Waals surface area contributed by atoms with Crippen LogP contribution in [0, 0.1) is 0 Å². The monoisotopic (exact) mass is 435 g/mol. The number of nitrogens with one attached hydrogen (secondary N) is 1. The van der Waals surface area contributed by atoms with Gasteiger partial charge in [-0.15, -0.1) is 0 Å². The molecule has 1 aliphatic rings. The molecule has 7 heteroatoms. The highest BCUT2D eigenvalue weighted by molar-refractivity contribution is 5.89. The summed E-state index contributed by atoms with van der Waals surface area (Å²) in [5.74, 6) is 0. The molecule has 2 rings (SSSR count). The zero-order chi connectivity index (χ0) is 22.9. The summed E-state index contributed by atoms with van der Waals surface area (Å²) in [7, 11) is 0. The Labute approximate surface area is 187 Å². The first-order valence-electron chi connectivity index (χ1n) is 11.6. The van der Waals surface area contributed by atoms with Crippen molar-refractivity contribution in [3.63, 3.8) is 0 Å². The number of urea groups is 1. The van der Waals surface area contributed by atoms with Gasteiger partial charge >= 0.3 is 6.03 Å². The summed E-state index contributed by atoms with van der Waals surface area (Å²) >= 11 is 0. The number of hydrogen-bond acceptors (Lipinski definition) is 5. The molecule has 1 aromatic rings. The Morgan fingerprint density at radius 1 is 1.13 bits per heavy atom. The van der Waals surface area contributed by atoms with Crippen LogP contribution in [0.4, 0.5) is 10.5 Å². The first kappa shape index (κ1) is 25.6. The van der Waals surface area contributed by atoms with Crippen LogP contribution in [0.1, 0.15) is 53.0 Å². The fraction of sp³-hybridized carbons (Fsp3) is 0.708. The second-order valence-electron chi connectivity index (χ2n) is 8.90. The van der Waals surface area contributed by atoms with E-state index in [1.807, 2.05) is 49.9 Å². The zero-order valence-corrected chi connectivity index (χ0v) is 19.9. The van der Waals surface area contributed by atoms with Gasteiger partial charge in [0, 0.05) is 44.0 Å². The van der Waals surface area contributed by atoms with Gasteiger partial charge in [-0.3, -0.25) is 4.90 Å². The summed E-state index contributed by atoms with van der Waals surface area (Å²) in [6.45, 7) is 14.3. The Balaban J connectivity index is 1.98. The molecule has 176 valence electrons. The number of rotatable bonds is 11. The molecule has 2 amide bonds. The van der Waals surface area contributed by atoms with Crippen molar-refractivity contribution in [2.24, 2.45) is 0 Å². The Bertz CT molecular complexity index is 677. The third-order valence-corrected chi connectivity index (χ3v) is 5.63. The Morgan fingerprint density at radius 3 is 2.48 bits per heavy atom. The third kappa shape index (κ3) is 8.41. The number of β-amino-alcohol motifs (C(OH)–C–C–N with tert-alkyl or cyclic N) is 1. The van der Waals surface area contributed by atoms with Crippen molar-refractivity contribution in [1.29, 1.82) is 0 Å². The molecule has 0 aliphatic carbocycles. The minimum atomic E-state index is -0.749. The quantitative estimate of drug-likeness (QED) is 0.518. The molecular formula is C24H41N3O4. The second-order valence-corrected chi connectivity index (χ2v) is 8.90. The van der Waals surface area contributed by atoms with Gasteiger partial charge in [0.05, 0.1) is 25.4 Å². The van der Waals surface area contributed by atoms with E-state index in [0.717, 1.165) is 30.6 Å². The lowest BCUT2D eigenvalue weighted by atomic mass is 10.00. The molecule has 1 heterocycles. The van der Waals surface area contributed by atoms with Gasteiger partial charge in [-0.25, -0.2) is 4.79 Å². The number of aliphatic hydroxyl groups is 1. The molecule has 7 nitrogen and oxygen atoms in total. The number of benzene rings is 1. The molecule has 31 heavy (non-hydrogen) atoms. The van der Waals surface area contributed by atoms with Gasteiger partial charge in [0.25, 0.3) is 0 Å². The first-order chi connectivity index (χ1) is 14.8. The molecule has 2 atom stereocenters. The number of ether oxygens (including phenoxy) is 2.